The van der Waals surface area contributed by atoms with E-state index in [1.165, 1.54) is 16.7 Å². The van der Waals surface area contributed by atoms with E-state index in [0.29, 0.717) is 0 Å². The second-order valence-corrected chi connectivity index (χ2v) is 7.53. The molecule has 0 saturated carbocycles. The molecule has 0 amide bonds. The molecule has 0 aliphatic carbocycles. The van der Waals surface area contributed by atoms with Crippen LogP contribution in [0.15, 0.2) is 53.0 Å². The number of benzene rings is 2. The van der Waals surface area contributed by atoms with Crippen LogP contribution in [0.5, 0.6) is 0 Å². The minimum Gasteiger partial charge on any atom is -0.0786 e. The highest BCUT2D eigenvalue weighted by atomic mass is 79.9. The van der Waals surface area contributed by atoms with E-state index in [4.69, 9.17) is 0 Å². The van der Waals surface area contributed by atoms with E-state index in [9.17, 15) is 0 Å². The van der Waals surface area contributed by atoms with Crippen LogP contribution in [0.4, 0.5) is 0 Å². The Hall–Kier alpha value is -0.600. The van der Waals surface area contributed by atoms with Gasteiger partial charge in [0, 0.05) is 4.47 Å². The Kier molecular flexibility index (Phi) is 4.52. The van der Waals surface area contributed by atoms with Crippen molar-refractivity contribution in [3.63, 3.8) is 0 Å². The molecule has 0 fully saturated rings. The number of hydrogen-bond donors (Lipinski definition) is 0. The minimum absolute atomic E-state index is 0.202. The van der Waals surface area contributed by atoms with Crippen LogP contribution in [-0.2, 0) is 5.41 Å². The smallest absolute Gasteiger partial charge is 0.0655 e. The van der Waals surface area contributed by atoms with Gasteiger partial charge in [-0.15, -0.1) is 0 Å². The molecule has 2 aromatic rings. The van der Waals surface area contributed by atoms with Crippen molar-refractivity contribution in [1.29, 1.82) is 0 Å². The van der Waals surface area contributed by atoms with Gasteiger partial charge >= 0.3 is 0 Å². The quantitative estimate of drug-likeness (QED) is 0.540. The maximum atomic E-state index is 3.79. The fourth-order valence-corrected chi connectivity index (χ4v) is 3.54. The summed E-state index contributed by atoms with van der Waals surface area (Å²) < 4.78 is 1.14. The summed E-state index contributed by atoms with van der Waals surface area (Å²) in [7, 11) is 0. The lowest BCUT2D eigenvalue weighted by atomic mass is 9.86. The summed E-state index contributed by atoms with van der Waals surface area (Å²) in [4.78, 5) is 0.220. The van der Waals surface area contributed by atoms with Crippen LogP contribution in [0.2, 0.25) is 0 Å². The molecular weight excluding hydrogens is 364 g/mol. The molecule has 1 atom stereocenters. The Morgan fingerprint density at radius 3 is 2.00 bits per heavy atom. The van der Waals surface area contributed by atoms with Gasteiger partial charge in [0.25, 0.3) is 0 Å². The molecule has 0 radical (unpaired) electrons. The van der Waals surface area contributed by atoms with Gasteiger partial charge in [-0.2, -0.15) is 0 Å². The van der Waals surface area contributed by atoms with Gasteiger partial charge in [0.05, 0.1) is 4.83 Å². The van der Waals surface area contributed by atoms with E-state index < -0.39 is 0 Å². The van der Waals surface area contributed by atoms with Crippen molar-refractivity contribution in [1.82, 2.24) is 0 Å². The summed E-state index contributed by atoms with van der Waals surface area (Å²) in [5.74, 6) is 0. The molecule has 0 heterocycles. The largest absolute Gasteiger partial charge is 0.0786 e. The predicted molar refractivity (Wildman–Crippen MR) is 90.1 cm³/mol. The number of halogens is 2. The van der Waals surface area contributed by atoms with Crippen LogP contribution in [0.1, 0.15) is 42.3 Å². The van der Waals surface area contributed by atoms with Gasteiger partial charge in [-0.25, -0.2) is 0 Å². The van der Waals surface area contributed by atoms with Crippen molar-refractivity contribution in [3.05, 3.63) is 69.7 Å². The average Bonchev–Trinajstić information content (AvgIpc) is 2.38. The van der Waals surface area contributed by atoms with E-state index >= 15 is 0 Å². The normalized spacial score (nSPS) is 13.3. The van der Waals surface area contributed by atoms with Crippen molar-refractivity contribution in [2.75, 3.05) is 0 Å². The van der Waals surface area contributed by atoms with Crippen molar-refractivity contribution < 1.29 is 0 Å². The van der Waals surface area contributed by atoms with Gasteiger partial charge in [-0.3, -0.25) is 0 Å². The highest BCUT2D eigenvalue weighted by Crippen LogP contribution is 2.36. The fourth-order valence-electron chi connectivity index (χ4n) is 2.01. The molecule has 0 aliphatic rings. The Bertz CT molecular complexity index is 550. The highest BCUT2D eigenvalue weighted by Gasteiger charge is 2.16. The maximum absolute atomic E-state index is 3.79. The molecule has 2 heteroatoms. The van der Waals surface area contributed by atoms with E-state index in [1.54, 1.807) is 0 Å². The highest BCUT2D eigenvalue weighted by molar-refractivity contribution is 9.11. The average molecular weight is 382 g/mol. The molecule has 1 unspecified atom stereocenters. The van der Waals surface area contributed by atoms with Crippen LogP contribution in [0.3, 0.4) is 0 Å². The molecule has 19 heavy (non-hydrogen) atoms. The zero-order valence-corrected chi connectivity index (χ0v) is 14.6. The minimum atomic E-state index is 0.202. The zero-order valence-electron chi connectivity index (χ0n) is 11.5. The fraction of sp³-hybridized carbons (Fsp3) is 0.294. The third-order valence-electron chi connectivity index (χ3n) is 3.25. The first kappa shape index (κ1) is 14.8. The topological polar surface area (TPSA) is 0 Å². The second-order valence-electron chi connectivity index (χ2n) is 5.76. The Balaban J connectivity index is 2.31. The first-order chi connectivity index (χ1) is 8.89. The molecule has 0 saturated heterocycles. The van der Waals surface area contributed by atoms with Crippen LogP contribution < -0.4 is 0 Å². The summed E-state index contributed by atoms with van der Waals surface area (Å²) in [6, 6.07) is 17.2. The SMILES string of the molecule is CC(C)(C)c1ccc(C(Br)c2ccccc2Br)cc1. The van der Waals surface area contributed by atoms with E-state index in [-0.39, 0.29) is 10.2 Å². The maximum Gasteiger partial charge on any atom is 0.0655 e. The standard InChI is InChI=1S/C17H18Br2/c1-17(2,3)13-10-8-12(9-11-13)16(19)14-6-4-5-7-15(14)18/h4-11,16H,1-3H3. The van der Waals surface area contributed by atoms with Crippen LogP contribution in [0.25, 0.3) is 0 Å². The lowest BCUT2D eigenvalue weighted by Gasteiger charge is -2.20. The van der Waals surface area contributed by atoms with Gasteiger partial charge in [0.1, 0.15) is 0 Å². The van der Waals surface area contributed by atoms with Crippen molar-refractivity contribution in [2.24, 2.45) is 0 Å². The molecule has 2 aromatic carbocycles. The van der Waals surface area contributed by atoms with Crippen LogP contribution >= 0.6 is 31.9 Å². The second kappa shape index (κ2) is 5.80. The van der Waals surface area contributed by atoms with E-state index in [1.807, 2.05) is 6.07 Å². The van der Waals surface area contributed by atoms with Crippen molar-refractivity contribution >= 4 is 31.9 Å². The number of hydrogen-bond acceptors (Lipinski definition) is 0. The summed E-state index contributed by atoms with van der Waals surface area (Å²) in [5.41, 5.74) is 4.10. The van der Waals surface area contributed by atoms with Crippen molar-refractivity contribution in [3.8, 4) is 0 Å². The Morgan fingerprint density at radius 2 is 1.47 bits per heavy atom. The Labute approximate surface area is 132 Å². The lowest BCUT2D eigenvalue weighted by molar-refractivity contribution is 0.590. The molecule has 0 aliphatic heterocycles. The van der Waals surface area contributed by atoms with Gasteiger partial charge in [0.15, 0.2) is 0 Å². The Morgan fingerprint density at radius 1 is 0.895 bits per heavy atom. The first-order valence-electron chi connectivity index (χ1n) is 6.38. The first-order valence-corrected chi connectivity index (χ1v) is 8.09. The molecule has 0 bridgehead atoms. The summed E-state index contributed by atoms with van der Waals surface area (Å²) in [6.45, 7) is 6.71. The molecular formula is C17H18Br2. The molecule has 2 rings (SSSR count). The van der Waals surface area contributed by atoms with Crippen LogP contribution in [-0.4, -0.2) is 0 Å². The zero-order chi connectivity index (χ0) is 14.0. The number of alkyl halides is 1. The lowest BCUT2D eigenvalue weighted by Crippen LogP contribution is -2.10. The molecule has 0 spiro atoms. The summed E-state index contributed by atoms with van der Waals surface area (Å²) in [6.07, 6.45) is 0. The van der Waals surface area contributed by atoms with Crippen LogP contribution in [0, 0.1) is 0 Å². The van der Waals surface area contributed by atoms with Gasteiger partial charge < -0.3 is 0 Å². The van der Waals surface area contributed by atoms with Gasteiger partial charge in [0.2, 0.25) is 0 Å². The van der Waals surface area contributed by atoms with Crippen molar-refractivity contribution in [2.45, 2.75) is 31.0 Å². The molecule has 0 N–H and O–H groups in total. The van der Waals surface area contributed by atoms with Gasteiger partial charge in [-0.05, 0) is 28.2 Å². The predicted octanol–water partition coefficient (Wildman–Crippen LogP) is 6.23. The molecule has 0 aromatic heterocycles. The summed E-state index contributed by atoms with van der Waals surface area (Å²) in [5, 5.41) is 0. The van der Waals surface area contributed by atoms with E-state index in [0.717, 1.165) is 4.47 Å². The van der Waals surface area contributed by atoms with Gasteiger partial charge in [-0.1, -0.05) is 95.1 Å². The third kappa shape index (κ3) is 3.49. The monoisotopic (exact) mass is 380 g/mol. The third-order valence-corrected chi connectivity index (χ3v) is 4.99. The van der Waals surface area contributed by atoms with E-state index in [2.05, 4.69) is 95.1 Å². The molecule has 0 nitrogen and oxygen atoms in total. The number of rotatable bonds is 2. The summed E-state index contributed by atoms with van der Waals surface area (Å²) >= 11 is 7.40. The molecule has 100 valence electrons.